The standard InChI is InChI=1S/C14H17NO3/c1-17-12-6-2-10(3-7-12)8-15(11-4-5-11)14(16)13-9-18-13/h2-3,6-7,11,13H,4-5,8-9H2,1H3. The van der Waals surface area contributed by atoms with Gasteiger partial charge in [0.05, 0.1) is 13.7 Å². The molecule has 1 aromatic carbocycles. The zero-order chi connectivity index (χ0) is 12.5. The fraction of sp³-hybridized carbons (Fsp3) is 0.500. The minimum atomic E-state index is -0.177. The summed E-state index contributed by atoms with van der Waals surface area (Å²) >= 11 is 0. The van der Waals surface area contributed by atoms with Gasteiger partial charge >= 0.3 is 0 Å². The highest BCUT2D eigenvalue weighted by Crippen LogP contribution is 2.31. The molecule has 0 N–H and O–H groups in total. The summed E-state index contributed by atoms with van der Waals surface area (Å²) in [5.74, 6) is 0.988. The van der Waals surface area contributed by atoms with Crippen molar-refractivity contribution < 1.29 is 14.3 Å². The van der Waals surface area contributed by atoms with Crippen LogP contribution in [-0.2, 0) is 16.1 Å². The molecule has 1 saturated carbocycles. The van der Waals surface area contributed by atoms with Gasteiger partial charge in [0.2, 0.25) is 0 Å². The number of hydrogen-bond acceptors (Lipinski definition) is 3. The van der Waals surface area contributed by atoms with Crippen molar-refractivity contribution in [1.29, 1.82) is 0 Å². The van der Waals surface area contributed by atoms with Gasteiger partial charge in [-0.25, -0.2) is 0 Å². The highest BCUT2D eigenvalue weighted by molar-refractivity contribution is 5.83. The zero-order valence-corrected chi connectivity index (χ0v) is 10.5. The summed E-state index contributed by atoms with van der Waals surface area (Å²) < 4.78 is 10.2. The van der Waals surface area contributed by atoms with Crippen molar-refractivity contribution >= 4 is 5.91 Å². The molecule has 0 aromatic heterocycles. The van der Waals surface area contributed by atoms with Gasteiger partial charge in [-0.3, -0.25) is 4.79 Å². The molecule has 18 heavy (non-hydrogen) atoms. The predicted octanol–water partition coefficient (Wildman–Crippen LogP) is 1.58. The number of ether oxygens (including phenoxy) is 2. The Morgan fingerprint density at radius 1 is 1.39 bits per heavy atom. The number of nitrogens with zero attached hydrogens (tertiary/aromatic N) is 1. The van der Waals surface area contributed by atoms with E-state index in [1.165, 1.54) is 0 Å². The number of carbonyl (C=O) groups excluding carboxylic acids is 1. The molecule has 4 heteroatoms. The second kappa shape index (κ2) is 4.61. The number of benzene rings is 1. The van der Waals surface area contributed by atoms with Crippen LogP contribution in [0.2, 0.25) is 0 Å². The molecule has 1 heterocycles. The van der Waals surface area contributed by atoms with Crippen LogP contribution in [0.1, 0.15) is 18.4 Å². The summed E-state index contributed by atoms with van der Waals surface area (Å²) in [5.41, 5.74) is 1.14. The van der Waals surface area contributed by atoms with Gasteiger partial charge in [-0.05, 0) is 30.5 Å². The fourth-order valence-electron chi connectivity index (χ4n) is 2.08. The van der Waals surface area contributed by atoms with Gasteiger partial charge < -0.3 is 14.4 Å². The molecule has 1 unspecified atom stereocenters. The molecule has 1 aromatic rings. The number of methoxy groups -OCH3 is 1. The van der Waals surface area contributed by atoms with Gasteiger partial charge in [-0.15, -0.1) is 0 Å². The molecule has 96 valence electrons. The fourth-order valence-corrected chi connectivity index (χ4v) is 2.08. The maximum absolute atomic E-state index is 12.1. The first-order chi connectivity index (χ1) is 8.78. The normalized spacial score (nSPS) is 21.5. The molecular formula is C14H17NO3. The van der Waals surface area contributed by atoms with E-state index < -0.39 is 0 Å². The lowest BCUT2D eigenvalue weighted by atomic mass is 10.2. The number of carbonyl (C=O) groups is 1. The number of rotatable bonds is 5. The smallest absolute Gasteiger partial charge is 0.254 e. The van der Waals surface area contributed by atoms with E-state index in [1.54, 1.807) is 7.11 Å². The third kappa shape index (κ3) is 2.48. The molecule has 1 amide bonds. The topological polar surface area (TPSA) is 42.1 Å². The van der Waals surface area contributed by atoms with Crippen LogP contribution in [-0.4, -0.2) is 36.7 Å². The van der Waals surface area contributed by atoms with E-state index in [0.717, 1.165) is 24.2 Å². The van der Waals surface area contributed by atoms with Crippen LogP contribution in [0.15, 0.2) is 24.3 Å². The van der Waals surface area contributed by atoms with E-state index in [9.17, 15) is 4.79 Å². The first-order valence-electron chi connectivity index (χ1n) is 6.33. The molecule has 0 bridgehead atoms. The highest BCUT2D eigenvalue weighted by atomic mass is 16.6. The van der Waals surface area contributed by atoms with Crippen molar-refractivity contribution in [2.75, 3.05) is 13.7 Å². The van der Waals surface area contributed by atoms with E-state index >= 15 is 0 Å². The maximum Gasteiger partial charge on any atom is 0.254 e. The molecule has 1 aliphatic heterocycles. The molecular weight excluding hydrogens is 230 g/mol. The van der Waals surface area contributed by atoms with Crippen molar-refractivity contribution in [3.63, 3.8) is 0 Å². The zero-order valence-electron chi connectivity index (χ0n) is 10.5. The van der Waals surface area contributed by atoms with Crippen molar-refractivity contribution in [2.24, 2.45) is 0 Å². The van der Waals surface area contributed by atoms with Crippen LogP contribution in [0.25, 0.3) is 0 Å². The van der Waals surface area contributed by atoms with Gasteiger partial charge in [0.25, 0.3) is 5.91 Å². The molecule has 0 spiro atoms. The van der Waals surface area contributed by atoms with E-state index in [4.69, 9.17) is 9.47 Å². The number of amides is 1. The molecule has 3 rings (SSSR count). The Morgan fingerprint density at radius 2 is 2.06 bits per heavy atom. The van der Waals surface area contributed by atoms with Crippen molar-refractivity contribution in [3.8, 4) is 5.75 Å². The first kappa shape index (κ1) is 11.5. The van der Waals surface area contributed by atoms with Crippen LogP contribution in [0.4, 0.5) is 0 Å². The van der Waals surface area contributed by atoms with Crippen LogP contribution in [0.3, 0.4) is 0 Å². The largest absolute Gasteiger partial charge is 0.497 e. The Balaban J connectivity index is 1.69. The Labute approximate surface area is 106 Å². The Kier molecular flexibility index (Phi) is 2.96. The minimum Gasteiger partial charge on any atom is -0.497 e. The minimum absolute atomic E-state index is 0.147. The highest BCUT2D eigenvalue weighted by Gasteiger charge is 2.41. The lowest BCUT2D eigenvalue weighted by Crippen LogP contribution is -2.35. The summed E-state index contributed by atoms with van der Waals surface area (Å²) in [5, 5.41) is 0. The lowest BCUT2D eigenvalue weighted by molar-refractivity contribution is -0.133. The van der Waals surface area contributed by atoms with E-state index in [0.29, 0.717) is 19.2 Å². The first-order valence-corrected chi connectivity index (χ1v) is 6.33. The van der Waals surface area contributed by atoms with Gasteiger partial charge in [0.15, 0.2) is 6.10 Å². The third-order valence-corrected chi connectivity index (χ3v) is 3.39. The monoisotopic (exact) mass is 247 g/mol. The quantitative estimate of drug-likeness (QED) is 0.742. The molecule has 2 fully saturated rings. The van der Waals surface area contributed by atoms with Crippen molar-refractivity contribution in [3.05, 3.63) is 29.8 Å². The van der Waals surface area contributed by atoms with Crippen molar-refractivity contribution in [1.82, 2.24) is 4.90 Å². The summed E-state index contributed by atoms with van der Waals surface area (Å²) in [6, 6.07) is 8.30. The second-order valence-corrected chi connectivity index (χ2v) is 4.87. The van der Waals surface area contributed by atoms with Crippen LogP contribution < -0.4 is 4.74 Å². The summed E-state index contributed by atoms with van der Waals surface area (Å²) in [7, 11) is 1.65. The summed E-state index contributed by atoms with van der Waals surface area (Å²) in [6.45, 7) is 1.26. The Morgan fingerprint density at radius 3 is 2.56 bits per heavy atom. The van der Waals surface area contributed by atoms with Crippen LogP contribution in [0.5, 0.6) is 5.75 Å². The molecule has 2 aliphatic rings. The average molecular weight is 247 g/mol. The van der Waals surface area contributed by atoms with E-state index in [1.807, 2.05) is 29.2 Å². The van der Waals surface area contributed by atoms with Gasteiger partial charge in [0.1, 0.15) is 5.75 Å². The molecule has 1 saturated heterocycles. The molecule has 0 radical (unpaired) electrons. The van der Waals surface area contributed by atoms with Gasteiger partial charge in [-0.1, -0.05) is 12.1 Å². The molecule has 1 atom stereocenters. The SMILES string of the molecule is COc1ccc(CN(C(=O)C2CO2)C2CC2)cc1. The summed E-state index contributed by atoms with van der Waals surface area (Å²) in [6.07, 6.45) is 2.06. The Hall–Kier alpha value is -1.55. The van der Waals surface area contributed by atoms with Crippen molar-refractivity contribution in [2.45, 2.75) is 31.5 Å². The van der Waals surface area contributed by atoms with E-state index in [-0.39, 0.29) is 12.0 Å². The predicted molar refractivity (Wildman–Crippen MR) is 66.3 cm³/mol. The van der Waals surface area contributed by atoms with Gasteiger partial charge in [0, 0.05) is 12.6 Å². The van der Waals surface area contributed by atoms with E-state index in [2.05, 4.69) is 0 Å². The van der Waals surface area contributed by atoms with Crippen LogP contribution >= 0.6 is 0 Å². The Bertz CT molecular complexity index is 435. The second-order valence-electron chi connectivity index (χ2n) is 4.87. The molecule has 1 aliphatic carbocycles. The van der Waals surface area contributed by atoms with Crippen LogP contribution in [0, 0.1) is 0 Å². The molecule has 4 nitrogen and oxygen atoms in total. The number of hydrogen-bond donors (Lipinski definition) is 0. The average Bonchev–Trinajstić information content (AvgIpc) is 3.28. The third-order valence-electron chi connectivity index (χ3n) is 3.39. The van der Waals surface area contributed by atoms with Gasteiger partial charge in [-0.2, -0.15) is 0 Å². The maximum atomic E-state index is 12.1. The summed E-state index contributed by atoms with van der Waals surface area (Å²) in [4.78, 5) is 14.0. The lowest BCUT2D eigenvalue weighted by Gasteiger charge is -2.21. The number of epoxide rings is 1.